The normalized spacial score (nSPS) is 25.8. The van der Waals surface area contributed by atoms with Crippen molar-refractivity contribution in [1.82, 2.24) is 0 Å². The fourth-order valence-electron chi connectivity index (χ4n) is 6.35. The highest BCUT2D eigenvalue weighted by molar-refractivity contribution is 5.65. The molecule has 0 radical (unpaired) electrons. The van der Waals surface area contributed by atoms with Gasteiger partial charge in [0.05, 0.1) is 6.67 Å². The minimum atomic E-state index is -0.316. The van der Waals surface area contributed by atoms with Crippen molar-refractivity contribution in [2.24, 2.45) is 11.8 Å². The summed E-state index contributed by atoms with van der Waals surface area (Å²) >= 11 is 0. The van der Waals surface area contributed by atoms with Gasteiger partial charge in [-0.15, -0.1) is 0 Å². The van der Waals surface area contributed by atoms with E-state index in [0.717, 1.165) is 69.3 Å². The molecule has 3 heteroatoms. The molecule has 0 unspecified atom stereocenters. The summed E-state index contributed by atoms with van der Waals surface area (Å²) in [5.41, 5.74) is 2.94. The number of halogens is 3. The Morgan fingerprint density at radius 3 is 1.94 bits per heavy atom. The van der Waals surface area contributed by atoms with Crippen LogP contribution in [0.2, 0.25) is 0 Å². The first kappa shape index (κ1) is 24.4. The average molecular weight is 457 g/mol. The number of hydrogen-bond donors (Lipinski definition) is 0. The van der Waals surface area contributed by atoms with Crippen molar-refractivity contribution in [2.75, 3.05) is 6.67 Å². The van der Waals surface area contributed by atoms with Gasteiger partial charge in [-0.2, -0.15) is 0 Å². The van der Waals surface area contributed by atoms with Gasteiger partial charge in [-0.1, -0.05) is 44.0 Å². The van der Waals surface area contributed by atoms with Gasteiger partial charge in [0.1, 0.15) is 11.6 Å². The fourth-order valence-corrected chi connectivity index (χ4v) is 6.35. The summed E-state index contributed by atoms with van der Waals surface area (Å²) in [6.45, 7) is 2.01. The van der Waals surface area contributed by atoms with Crippen LogP contribution in [0.25, 0.3) is 11.1 Å². The van der Waals surface area contributed by atoms with Crippen LogP contribution in [-0.4, -0.2) is 6.67 Å². The van der Waals surface area contributed by atoms with Gasteiger partial charge in [0, 0.05) is 5.56 Å². The number of rotatable bonds is 8. The van der Waals surface area contributed by atoms with Crippen LogP contribution in [0, 0.1) is 23.5 Å². The van der Waals surface area contributed by atoms with E-state index < -0.39 is 0 Å². The number of alkyl halides is 1. The molecule has 0 aromatic heterocycles. The summed E-state index contributed by atoms with van der Waals surface area (Å²) in [6, 6.07) is 10.9. The van der Waals surface area contributed by atoms with E-state index in [9.17, 15) is 4.39 Å². The highest BCUT2D eigenvalue weighted by atomic mass is 19.1. The lowest BCUT2D eigenvalue weighted by molar-refractivity contribution is 0.293. The highest BCUT2D eigenvalue weighted by Crippen LogP contribution is 2.41. The van der Waals surface area contributed by atoms with Crippen molar-refractivity contribution in [3.63, 3.8) is 0 Å². The van der Waals surface area contributed by atoms with Gasteiger partial charge in [0.2, 0.25) is 0 Å². The molecule has 0 heterocycles. The number of hydrogen-bond acceptors (Lipinski definition) is 0. The van der Waals surface area contributed by atoms with Gasteiger partial charge in [0.15, 0.2) is 0 Å². The second-order valence-electron chi connectivity index (χ2n) is 10.5. The SMILES string of the molecule is CCCC1CCC(c2cc(F)c(-c3ccc(C4CCC(CCCF)CC4)cc3)cc2F)CC1. The Morgan fingerprint density at radius 2 is 1.33 bits per heavy atom. The van der Waals surface area contributed by atoms with Crippen molar-refractivity contribution in [3.8, 4) is 11.1 Å². The molecule has 2 saturated carbocycles. The second kappa shape index (κ2) is 11.6. The Balaban J connectivity index is 1.41. The molecule has 4 rings (SSSR count). The Morgan fingerprint density at radius 1 is 0.727 bits per heavy atom. The van der Waals surface area contributed by atoms with Crippen molar-refractivity contribution >= 4 is 0 Å². The standard InChI is InChI=1S/C30H39F3/c1-2-4-21-8-12-25(13-9-21)27-19-30(33)28(20-29(27)32)26-16-14-24(15-17-26)23-10-6-22(7-11-23)5-3-18-31/h14-17,19-23,25H,2-13,18H2,1H3. The molecule has 0 atom stereocenters. The van der Waals surface area contributed by atoms with Crippen LogP contribution in [0.1, 0.15) is 107 Å². The van der Waals surface area contributed by atoms with Crippen LogP contribution < -0.4 is 0 Å². The summed E-state index contributed by atoms with van der Waals surface area (Å²) in [7, 11) is 0. The lowest BCUT2D eigenvalue weighted by Gasteiger charge is -2.29. The van der Waals surface area contributed by atoms with Gasteiger partial charge >= 0.3 is 0 Å². The van der Waals surface area contributed by atoms with Gasteiger partial charge in [-0.3, -0.25) is 4.39 Å². The van der Waals surface area contributed by atoms with Crippen LogP contribution >= 0.6 is 0 Å². The molecule has 0 nitrogen and oxygen atoms in total. The second-order valence-corrected chi connectivity index (χ2v) is 10.5. The third kappa shape index (κ3) is 6.03. The molecule has 0 bridgehead atoms. The third-order valence-corrected chi connectivity index (χ3v) is 8.36. The van der Waals surface area contributed by atoms with E-state index in [-0.39, 0.29) is 24.2 Å². The Kier molecular flexibility index (Phi) is 8.55. The monoisotopic (exact) mass is 456 g/mol. The first-order chi connectivity index (χ1) is 16.1. The van der Waals surface area contributed by atoms with Gasteiger partial charge in [0.25, 0.3) is 0 Å². The van der Waals surface area contributed by atoms with Crippen LogP contribution in [0.4, 0.5) is 13.2 Å². The zero-order valence-corrected chi connectivity index (χ0v) is 20.1. The minimum absolute atomic E-state index is 0.143. The summed E-state index contributed by atoms with van der Waals surface area (Å²) in [4.78, 5) is 0. The molecule has 180 valence electrons. The Hall–Kier alpha value is -1.77. The molecule has 0 amide bonds. The topological polar surface area (TPSA) is 0 Å². The van der Waals surface area contributed by atoms with E-state index in [1.54, 1.807) is 0 Å². The summed E-state index contributed by atoms with van der Waals surface area (Å²) < 4.78 is 42.6. The molecule has 2 aliphatic carbocycles. The maximum Gasteiger partial charge on any atom is 0.131 e. The lowest BCUT2D eigenvalue weighted by atomic mass is 9.76. The minimum Gasteiger partial charge on any atom is -0.251 e. The Bertz CT molecular complexity index is 872. The van der Waals surface area contributed by atoms with Crippen molar-refractivity contribution < 1.29 is 13.2 Å². The molecule has 2 aromatic rings. The van der Waals surface area contributed by atoms with Gasteiger partial charge < -0.3 is 0 Å². The van der Waals surface area contributed by atoms with Crippen molar-refractivity contribution in [3.05, 3.63) is 59.2 Å². The van der Waals surface area contributed by atoms with Crippen LogP contribution in [-0.2, 0) is 0 Å². The lowest BCUT2D eigenvalue weighted by Crippen LogP contribution is -2.14. The van der Waals surface area contributed by atoms with E-state index in [1.165, 1.54) is 30.5 Å². The maximum atomic E-state index is 15.1. The molecule has 0 spiro atoms. The van der Waals surface area contributed by atoms with E-state index >= 15 is 8.78 Å². The van der Waals surface area contributed by atoms with E-state index in [1.807, 2.05) is 12.1 Å². The average Bonchev–Trinajstić information content (AvgIpc) is 2.85. The maximum absolute atomic E-state index is 15.1. The quantitative estimate of drug-likeness (QED) is 0.371. The first-order valence-corrected chi connectivity index (χ1v) is 13.2. The molecule has 0 saturated heterocycles. The smallest absolute Gasteiger partial charge is 0.131 e. The number of benzene rings is 2. The van der Waals surface area contributed by atoms with E-state index in [4.69, 9.17) is 0 Å². The molecule has 2 aliphatic rings. The molecular formula is C30H39F3. The van der Waals surface area contributed by atoms with Crippen LogP contribution in [0.15, 0.2) is 36.4 Å². The summed E-state index contributed by atoms with van der Waals surface area (Å²) in [6.07, 6.45) is 12.9. The molecule has 0 aliphatic heterocycles. The summed E-state index contributed by atoms with van der Waals surface area (Å²) in [5.74, 6) is 1.50. The summed E-state index contributed by atoms with van der Waals surface area (Å²) in [5, 5.41) is 0. The zero-order chi connectivity index (χ0) is 23.2. The van der Waals surface area contributed by atoms with E-state index in [2.05, 4.69) is 19.1 Å². The predicted molar refractivity (Wildman–Crippen MR) is 131 cm³/mol. The highest BCUT2D eigenvalue weighted by Gasteiger charge is 2.26. The fraction of sp³-hybridized carbons (Fsp3) is 0.600. The van der Waals surface area contributed by atoms with Crippen molar-refractivity contribution in [2.45, 2.75) is 95.8 Å². The molecule has 0 N–H and O–H groups in total. The largest absolute Gasteiger partial charge is 0.251 e. The predicted octanol–water partition coefficient (Wildman–Crippen LogP) is 9.73. The molecule has 2 fully saturated rings. The van der Waals surface area contributed by atoms with Gasteiger partial charge in [-0.05, 0) is 117 Å². The molecule has 33 heavy (non-hydrogen) atoms. The zero-order valence-electron chi connectivity index (χ0n) is 20.1. The third-order valence-electron chi connectivity index (χ3n) is 8.36. The first-order valence-electron chi connectivity index (χ1n) is 13.2. The van der Waals surface area contributed by atoms with E-state index in [0.29, 0.717) is 29.4 Å². The molecular weight excluding hydrogens is 417 g/mol. The molecule has 2 aromatic carbocycles. The Labute approximate surface area is 198 Å². The van der Waals surface area contributed by atoms with Crippen molar-refractivity contribution in [1.29, 1.82) is 0 Å². The van der Waals surface area contributed by atoms with Gasteiger partial charge in [-0.25, -0.2) is 8.78 Å². The van der Waals surface area contributed by atoms with Crippen LogP contribution in [0.5, 0.6) is 0 Å². The van der Waals surface area contributed by atoms with Crippen LogP contribution in [0.3, 0.4) is 0 Å².